The van der Waals surface area contributed by atoms with E-state index in [1.54, 1.807) is 6.92 Å². The number of ether oxygens (including phenoxy) is 1. The van der Waals surface area contributed by atoms with Crippen LogP contribution in [-0.2, 0) is 4.79 Å². The molecular formula is C12H15FN2O3. The van der Waals surface area contributed by atoms with E-state index in [1.807, 2.05) is 0 Å². The summed E-state index contributed by atoms with van der Waals surface area (Å²) in [6.45, 7) is 3.21. The molecule has 6 heteroatoms. The summed E-state index contributed by atoms with van der Waals surface area (Å²) in [5.74, 6) is -1.08. The highest BCUT2D eigenvalue weighted by Crippen LogP contribution is 2.21. The third kappa shape index (κ3) is 3.44. The highest BCUT2D eigenvalue weighted by molar-refractivity contribution is 6.00. The van der Waals surface area contributed by atoms with E-state index >= 15 is 0 Å². The van der Waals surface area contributed by atoms with E-state index in [9.17, 15) is 9.18 Å². The van der Waals surface area contributed by atoms with Gasteiger partial charge >= 0.3 is 0 Å². The second-order valence-corrected chi connectivity index (χ2v) is 3.94. The van der Waals surface area contributed by atoms with Crippen molar-refractivity contribution < 1.29 is 19.1 Å². The average Bonchev–Trinajstić information content (AvgIpc) is 2.35. The van der Waals surface area contributed by atoms with Crippen LogP contribution in [0.2, 0.25) is 0 Å². The highest BCUT2D eigenvalue weighted by atomic mass is 19.1. The van der Waals surface area contributed by atoms with E-state index < -0.39 is 17.6 Å². The molecule has 0 heterocycles. The zero-order valence-electron chi connectivity index (χ0n) is 10.2. The van der Waals surface area contributed by atoms with Gasteiger partial charge in [-0.3, -0.25) is 4.79 Å². The molecule has 0 radical (unpaired) electrons. The number of oxime groups is 1. The minimum Gasteiger partial charge on any atom is -0.492 e. The topological polar surface area (TPSA) is 84.9 Å². The lowest BCUT2D eigenvalue weighted by Gasteiger charge is -2.13. The number of carbonyl (C=O) groups is 1. The number of amides is 1. The quantitative estimate of drug-likeness (QED) is 0.474. The van der Waals surface area contributed by atoms with Crippen molar-refractivity contribution in [2.24, 2.45) is 16.8 Å². The Morgan fingerprint density at radius 1 is 1.61 bits per heavy atom. The van der Waals surface area contributed by atoms with Crippen LogP contribution in [0.15, 0.2) is 23.4 Å². The first-order valence-electron chi connectivity index (χ1n) is 5.36. The molecule has 0 aliphatic carbocycles. The maximum absolute atomic E-state index is 13.1. The summed E-state index contributed by atoms with van der Waals surface area (Å²) in [4.78, 5) is 10.9. The fourth-order valence-corrected chi connectivity index (χ4v) is 1.26. The molecule has 0 aliphatic heterocycles. The Morgan fingerprint density at radius 2 is 2.28 bits per heavy atom. The summed E-state index contributed by atoms with van der Waals surface area (Å²) >= 11 is 0. The second kappa shape index (κ2) is 6.00. The normalized spacial score (nSPS) is 13.2. The van der Waals surface area contributed by atoms with Gasteiger partial charge in [-0.25, -0.2) is 4.39 Å². The largest absolute Gasteiger partial charge is 0.492 e. The van der Waals surface area contributed by atoms with Gasteiger partial charge in [0.05, 0.1) is 18.2 Å². The molecule has 1 aromatic rings. The van der Waals surface area contributed by atoms with Crippen molar-refractivity contribution in [1.29, 1.82) is 0 Å². The Labute approximate surface area is 104 Å². The van der Waals surface area contributed by atoms with E-state index in [0.717, 1.165) is 0 Å². The Morgan fingerprint density at radius 3 is 2.83 bits per heavy atom. The Hall–Kier alpha value is -2.11. The maximum atomic E-state index is 13.1. The first-order chi connectivity index (χ1) is 8.45. The van der Waals surface area contributed by atoms with Gasteiger partial charge in [0.25, 0.3) is 0 Å². The van der Waals surface area contributed by atoms with Crippen LogP contribution in [0.1, 0.15) is 19.4 Å². The van der Waals surface area contributed by atoms with Gasteiger partial charge in [0.15, 0.2) is 0 Å². The van der Waals surface area contributed by atoms with Crippen LogP contribution < -0.4 is 10.5 Å². The molecule has 18 heavy (non-hydrogen) atoms. The third-order valence-corrected chi connectivity index (χ3v) is 2.46. The van der Waals surface area contributed by atoms with Gasteiger partial charge < -0.3 is 15.7 Å². The predicted octanol–water partition coefficient (Wildman–Crippen LogP) is 1.52. The summed E-state index contributed by atoms with van der Waals surface area (Å²) in [5, 5.41) is 11.7. The van der Waals surface area contributed by atoms with Crippen molar-refractivity contribution in [1.82, 2.24) is 0 Å². The maximum Gasteiger partial charge on any atom is 0.223 e. The molecule has 0 aromatic heterocycles. The zero-order chi connectivity index (χ0) is 13.7. The van der Waals surface area contributed by atoms with Crippen molar-refractivity contribution in [3.05, 3.63) is 29.6 Å². The van der Waals surface area contributed by atoms with Crippen molar-refractivity contribution in [3.63, 3.8) is 0 Å². The lowest BCUT2D eigenvalue weighted by atomic mass is 10.1. The summed E-state index contributed by atoms with van der Waals surface area (Å²) < 4.78 is 18.5. The number of hydrogen-bond donors (Lipinski definition) is 2. The second-order valence-electron chi connectivity index (χ2n) is 3.94. The third-order valence-electron chi connectivity index (χ3n) is 2.46. The van der Waals surface area contributed by atoms with Crippen LogP contribution in [0.25, 0.3) is 0 Å². The van der Waals surface area contributed by atoms with Gasteiger partial charge in [0.2, 0.25) is 5.91 Å². The monoisotopic (exact) mass is 254 g/mol. The summed E-state index contributed by atoms with van der Waals surface area (Å²) in [5.41, 5.74) is 5.65. The van der Waals surface area contributed by atoms with Crippen molar-refractivity contribution in [3.8, 4) is 5.75 Å². The van der Waals surface area contributed by atoms with Gasteiger partial charge in [-0.05, 0) is 25.1 Å². The molecule has 0 fully saturated rings. The van der Waals surface area contributed by atoms with E-state index in [-0.39, 0.29) is 12.3 Å². The lowest BCUT2D eigenvalue weighted by Crippen LogP contribution is -2.26. The number of benzene rings is 1. The summed E-state index contributed by atoms with van der Waals surface area (Å²) in [7, 11) is 0. The van der Waals surface area contributed by atoms with Gasteiger partial charge in [0.1, 0.15) is 11.6 Å². The molecule has 0 bridgehead atoms. The van der Waals surface area contributed by atoms with Crippen LogP contribution in [0.4, 0.5) is 4.39 Å². The Balaban J connectivity index is 2.92. The summed E-state index contributed by atoms with van der Waals surface area (Å²) in [6, 6.07) is 3.82. The SMILES string of the molecule is CC(=NO)c1cc(F)ccc1OCC(C)C(N)=O. The molecule has 1 rings (SSSR count). The molecule has 1 amide bonds. The standard InChI is InChI=1S/C12H15FN2O3/c1-7(12(14)16)6-18-11-4-3-9(13)5-10(11)8(2)15-17/h3-5,7,17H,6H2,1-2H3,(H2,14,16). The number of nitrogens with zero attached hydrogens (tertiary/aromatic N) is 1. The minimum atomic E-state index is -0.480. The van der Waals surface area contributed by atoms with Crippen LogP contribution in [0.3, 0.4) is 0 Å². The van der Waals surface area contributed by atoms with Gasteiger partial charge in [-0.2, -0.15) is 0 Å². The first kappa shape index (κ1) is 14.0. The van der Waals surface area contributed by atoms with Crippen LogP contribution in [0, 0.1) is 11.7 Å². The molecule has 3 N–H and O–H groups in total. The number of primary amides is 1. The predicted molar refractivity (Wildman–Crippen MR) is 64.3 cm³/mol. The van der Waals surface area contributed by atoms with Crippen molar-refractivity contribution >= 4 is 11.6 Å². The number of carbonyl (C=O) groups excluding carboxylic acids is 1. The minimum absolute atomic E-state index is 0.0761. The summed E-state index contributed by atoms with van der Waals surface area (Å²) in [6.07, 6.45) is 0. The number of hydrogen-bond acceptors (Lipinski definition) is 4. The van der Waals surface area contributed by atoms with Gasteiger partial charge in [-0.15, -0.1) is 0 Å². The van der Waals surface area contributed by atoms with Crippen molar-refractivity contribution in [2.75, 3.05) is 6.61 Å². The van der Waals surface area contributed by atoms with Crippen LogP contribution >= 0.6 is 0 Å². The molecule has 98 valence electrons. The smallest absolute Gasteiger partial charge is 0.223 e. The number of rotatable bonds is 5. The molecule has 5 nitrogen and oxygen atoms in total. The van der Waals surface area contributed by atoms with E-state index in [0.29, 0.717) is 11.3 Å². The van der Waals surface area contributed by atoms with E-state index in [4.69, 9.17) is 15.7 Å². The molecule has 0 aliphatic rings. The average molecular weight is 254 g/mol. The molecule has 0 spiro atoms. The highest BCUT2D eigenvalue weighted by Gasteiger charge is 2.13. The molecule has 0 saturated heterocycles. The molecule has 0 saturated carbocycles. The molecule has 1 atom stereocenters. The molecular weight excluding hydrogens is 239 g/mol. The molecule has 1 unspecified atom stereocenters. The number of halogens is 1. The van der Waals surface area contributed by atoms with Crippen LogP contribution in [0.5, 0.6) is 5.75 Å². The van der Waals surface area contributed by atoms with Gasteiger partial charge in [0, 0.05) is 5.56 Å². The van der Waals surface area contributed by atoms with Crippen molar-refractivity contribution in [2.45, 2.75) is 13.8 Å². The van der Waals surface area contributed by atoms with Crippen LogP contribution in [-0.4, -0.2) is 23.4 Å². The fourth-order valence-electron chi connectivity index (χ4n) is 1.26. The van der Waals surface area contributed by atoms with E-state index in [2.05, 4.69) is 5.16 Å². The number of nitrogens with two attached hydrogens (primary N) is 1. The Kier molecular flexibility index (Phi) is 4.65. The van der Waals surface area contributed by atoms with E-state index in [1.165, 1.54) is 25.1 Å². The fraction of sp³-hybridized carbons (Fsp3) is 0.333. The zero-order valence-corrected chi connectivity index (χ0v) is 10.2. The lowest BCUT2D eigenvalue weighted by molar-refractivity contribution is -0.122. The Bertz CT molecular complexity index is 474. The molecule has 1 aromatic carbocycles. The first-order valence-corrected chi connectivity index (χ1v) is 5.36. The van der Waals surface area contributed by atoms with Gasteiger partial charge in [-0.1, -0.05) is 12.1 Å².